The zero-order chi connectivity index (χ0) is 8.53. The van der Waals surface area contributed by atoms with Gasteiger partial charge >= 0.3 is 6.09 Å². The van der Waals surface area contributed by atoms with E-state index in [4.69, 9.17) is 0 Å². The molecule has 0 heterocycles. The van der Waals surface area contributed by atoms with Gasteiger partial charge in [0.05, 0.1) is 0 Å². The average Bonchev–Trinajstić information content (AvgIpc) is 2.01. The smallest absolute Gasteiger partial charge is 0.433 e. The van der Waals surface area contributed by atoms with Gasteiger partial charge in [0.1, 0.15) is 6.61 Å². The molecule has 0 saturated heterocycles. The van der Waals surface area contributed by atoms with Crippen LogP contribution in [0, 0.1) is 0 Å². The molecule has 0 aromatic heterocycles. The predicted molar refractivity (Wildman–Crippen MR) is 44.9 cm³/mol. The number of carbonyl (C=O) groups excluding carboxylic acids is 1. The van der Waals surface area contributed by atoms with Gasteiger partial charge in [-0.1, -0.05) is 18.7 Å². The highest BCUT2D eigenvalue weighted by Crippen LogP contribution is 1.82. The topological polar surface area (TPSA) is 38.7 Å². The molecule has 1 amide bonds. The number of rotatable bonds is 3. The third kappa shape index (κ3) is 6.51. The molecule has 0 aliphatic rings. The minimum atomic E-state index is -0.594. The summed E-state index contributed by atoms with van der Waals surface area (Å²) in [5.74, 6) is 0. The normalized spacial score (nSPS) is 10.6. The summed E-state index contributed by atoms with van der Waals surface area (Å²) in [6.07, 6.45) is 5.69. The summed E-state index contributed by atoms with van der Waals surface area (Å²) in [7, 11) is 0. The van der Waals surface area contributed by atoms with Gasteiger partial charge in [-0.25, -0.2) is 4.79 Å². The van der Waals surface area contributed by atoms with E-state index in [1.165, 1.54) is 12.3 Å². The van der Waals surface area contributed by atoms with Crippen LogP contribution in [0.3, 0.4) is 0 Å². The highest BCUT2D eigenvalue weighted by molar-refractivity contribution is 5.84. The van der Waals surface area contributed by atoms with E-state index >= 15 is 0 Å². The standard InChI is InChI=1S/C8H11NO2/c1-3-5-6-9-8(10)11-7-4-2/h3-6H,2,7H2,1H3. The van der Waals surface area contributed by atoms with Crippen molar-refractivity contribution in [3.05, 3.63) is 24.8 Å². The Bertz CT molecular complexity index is 183. The monoisotopic (exact) mass is 153 g/mol. The van der Waals surface area contributed by atoms with Crippen LogP contribution >= 0.6 is 0 Å². The number of ether oxygens (including phenoxy) is 1. The molecule has 0 bridgehead atoms. The highest BCUT2D eigenvalue weighted by Gasteiger charge is 1.91. The molecule has 3 nitrogen and oxygen atoms in total. The molecule has 0 unspecified atom stereocenters. The van der Waals surface area contributed by atoms with Gasteiger partial charge in [0.25, 0.3) is 0 Å². The van der Waals surface area contributed by atoms with Crippen LogP contribution in [0.1, 0.15) is 6.92 Å². The van der Waals surface area contributed by atoms with Crippen LogP contribution in [0.5, 0.6) is 0 Å². The van der Waals surface area contributed by atoms with Crippen LogP contribution in [-0.2, 0) is 4.74 Å². The van der Waals surface area contributed by atoms with E-state index in [9.17, 15) is 4.79 Å². The molecule has 11 heavy (non-hydrogen) atoms. The van der Waals surface area contributed by atoms with Crippen molar-refractivity contribution in [2.45, 2.75) is 6.92 Å². The Morgan fingerprint density at radius 1 is 1.73 bits per heavy atom. The second-order valence-corrected chi connectivity index (χ2v) is 1.67. The first-order valence-corrected chi connectivity index (χ1v) is 3.24. The van der Waals surface area contributed by atoms with Crippen LogP contribution < -0.4 is 0 Å². The largest absolute Gasteiger partial charge is 0.444 e. The average molecular weight is 153 g/mol. The maximum Gasteiger partial charge on any atom is 0.433 e. The van der Waals surface area contributed by atoms with E-state index in [2.05, 4.69) is 16.3 Å². The number of allylic oxidation sites excluding steroid dienone is 2. The number of hydrogen-bond acceptors (Lipinski definition) is 2. The Hall–Kier alpha value is -1.38. The molecule has 0 atom stereocenters. The van der Waals surface area contributed by atoms with E-state index in [0.717, 1.165) is 0 Å². The molecule has 0 aromatic rings. The van der Waals surface area contributed by atoms with Gasteiger partial charge in [0, 0.05) is 6.21 Å². The Balaban J connectivity index is 3.59. The van der Waals surface area contributed by atoms with Gasteiger partial charge in [0.2, 0.25) is 0 Å². The van der Waals surface area contributed by atoms with Crippen molar-refractivity contribution in [1.82, 2.24) is 0 Å². The first kappa shape index (κ1) is 9.62. The molecule has 0 spiro atoms. The van der Waals surface area contributed by atoms with Crippen LogP contribution in [-0.4, -0.2) is 18.9 Å². The second kappa shape index (κ2) is 6.74. The molecule has 60 valence electrons. The lowest BCUT2D eigenvalue weighted by Crippen LogP contribution is -1.97. The van der Waals surface area contributed by atoms with Crippen molar-refractivity contribution in [2.24, 2.45) is 4.99 Å². The second-order valence-electron chi connectivity index (χ2n) is 1.67. The van der Waals surface area contributed by atoms with Gasteiger partial charge in [-0.2, -0.15) is 4.99 Å². The SMILES string of the molecule is C=CCOC(=O)N=CC=CC. The van der Waals surface area contributed by atoms with Crippen LogP contribution in [0.25, 0.3) is 0 Å². The third-order valence-corrected chi connectivity index (χ3v) is 0.783. The third-order valence-electron chi connectivity index (χ3n) is 0.783. The zero-order valence-electron chi connectivity index (χ0n) is 6.49. The summed E-state index contributed by atoms with van der Waals surface area (Å²) < 4.78 is 4.55. The predicted octanol–water partition coefficient (Wildman–Crippen LogP) is 1.96. The van der Waals surface area contributed by atoms with Crippen LogP contribution in [0.4, 0.5) is 4.79 Å². The lowest BCUT2D eigenvalue weighted by molar-refractivity contribution is 0.170. The van der Waals surface area contributed by atoms with Gasteiger partial charge < -0.3 is 4.74 Å². The Kier molecular flexibility index (Phi) is 5.89. The molecule has 0 aromatic carbocycles. The van der Waals surface area contributed by atoms with Crippen molar-refractivity contribution >= 4 is 12.3 Å². The molecule has 0 aliphatic carbocycles. The molecule has 0 N–H and O–H groups in total. The van der Waals surface area contributed by atoms with Crippen LogP contribution in [0.2, 0.25) is 0 Å². The van der Waals surface area contributed by atoms with Gasteiger partial charge in [-0.15, -0.1) is 0 Å². The molecule has 0 rings (SSSR count). The fourth-order valence-electron chi connectivity index (χ4n) is 0.357. The maximum absolute atomic E-state index is 10.6. The van der Waals surface area contributed by atoms with Gasteiger partial charge in [-0.3, -0.25) is 0 Å². The molecular weight excluding hydrogens is 142 g/mol. The van der Waals surface area contributed by atoms with E-state index in [-0.39, 0.29) is 6.61 Å². The van der Waals surface area contributed by atoms with Crippen molar-refractivity contribution in [3.8, 4) is 0 Å². The first-order valence-electron chi connectivity index (χ1n) is 3.24. The van der Waals surface area contributed by atoms with Crippen LogP contribution in [0.15, 0.2) is 29.8 Å². The Morgan fingerprint density at radius 3 is 3.00 bits per heavy atom. The fraction of sp³-hybridized carbons (Fsp3) is 0.250. The summed E-state index contributed by atoms with van der Waals surface area (Å²) in [4.78, 5) is 14.0. The van der Waals surface area contributed by atoms with Crippen molar-refractivity contribution in [3.63, 3.8) is 0 Å². The van der Waals surface area contributed by atoms with E-state index in [0.29, 0.717) is 0 Å². The fourth-order valence-corrected chi connectivity index (χ4v) is 0.357. The zero-order valence-corrected chi connectivity index (χ0v) is 6.49. The molecule has 0 aliphatic heterocycles. The highest BCUT2D eigenvalue weighted by atomic mass is 16.5. The number of amides is 1. The lowest BCUT2D eigenvalue weighted by Gasteiger charge is -1.92. The van der Waals surface area contributed by atoms with Crippen molar-refractivity contribution < 1.29 is 9.53 Å². The van der Waals surface area contributed by atoms with E-state index in [1.807, 2.05) is 6.92 Å². The van der Waals surface area contributed by atoms with Gasteiger partial charge in [-0.05, 0) is 13.0 Å². The molecular formula is C8H11NO2. The van der Waals surface area contributed by atoms with Crippen molar-refractivity contribution in [1.29, 1.82) is 0 Å². The molecule has 3 heteroatoms. The van der Waals surface area contributed by atoms with E-state index < -0.39 is 6.09 Å². The minimum Gasteiger partial charge on any atom is -0.444 e. The molecule has 0 radical (unpaired) electrons. The van der Waals surface area contributed by atoms with Crippen molar-refractivity contribution in [2.75, 3.05) is 6.61 Å². The molecule has 0 fully saturated rings. The quantitative estimate of drug-likeness (QED) is 0.459. The summed E-state index contributed by atoms with van der Waals surface area (Å²) in [5.41, 5.74) is 0. The van der Waals surface area contributed by atoms with Gasteiger partial charge in [0.15, 0.2) is 0 Å². The number of aliphatic imine (C=N–C) groups is 1. The first-order chi connectivity index (χ1) is 5.31. The number of carbonyl (C=O) groups is 1. The van der Waals surface area contributed by atoms with E-state index in [1.54, 1.807) is 12.2 Å². The molecule has 0 saturated carbocycles. The lowest BCUT2D eigenvalue weighted by atomic mass is 10.6. The Morgan fingerprint density at radius 2 is 2.45 bits per heavy atom. The number of hydrogen-bond donors (Lipinski definition) is 0. The minimum absolute atomic E-state index is 0.200. The summed E-state index contributed by atoms with van der Waals surface area (Å²) in [6.45, 7) is 5.42. The summed E-state index contributed by atoms with van der Waals surface area (Å²) in [6, 6.07) is 0. The number of nitrogens with zero attached hydrogens (tertiary/aromatic N) is 1. The summed E-state index contributed by atoms with van der Waals surface area (Å²) in [5, 5.41) is 0. The maximum atomic E-state index is 10.6. The Labute approximate surface area is 66.1 Å². The summed E-state index contributed by atoms with van der Waals surface area (Å²) >= 11 is 0.